The van der Waals surface area contributed by atoms with Gasteiger partial charge >= 0.3 is 5.97 Å². The standard InChI is InChI=1S/C14H18FN5O3/c1-9(21)5-20-8-18-10-11(16-7-17-12(10)20)19-4-3-14(15,6-19)13(22)23-2/h7-9,21H,3-6H2,1-2H3/t9-,14?/m1/s1. The first-order valence-corrected chi connectivity index (χ1v) is 7.31. The maximum atomic E-state index is 14.6. The fourth-order valence-corrected chi connectivity index (χ4v) is 2.82. The molecule has 0 radical (unpaired) electrons. The van der Waals surface area contributed by atoms with E-state index in [9.17, 15) is 14.3 Å². The van der Waals surface area contributed by atoms with Crippen molar-refractivity contribution in [3.8, 4) is 0 Å². The number of aromatic nitrogens is 4. The first kappa shape index (κ1) is 15.6. The van der Waals surface area contributed by atoms with Crippen molar-refractivity contribution in [1.29, 1.82) is 0 Å². The van der Waals surface area contributed by atoms with E-state index in [-0.39, 0.29) is 13.0 Å². The van der Waals surface area contributed by atoms with Gasteiger partial charge in [0.05, 0.1) is 32.6 Å². The number of nitrogens with zero attached hydrogens (tertiary/aromatic N) is 5. The van der Waals surface area contributed by atoms with Crippen LogP contribution in [0.1, 0.15) is 13.3 Å². The van der Waals surface area contributed by atoms with Crippen molar-refractivity contribution in [2.24, 2.45) is 0 Å². The summed E-state index contributed by atoms with van der Waals surface area (Å²) in [6, 6.07) is 0. The van der Waals surface area contributed by atoms with Gasteiger partial charge in [-0.25, -0.2) is 24.1 Å². The lowest BCUT2D eigenvalue weighted by Gasteiger charge is -2.19. The van der Waals surface area contributed by atoms with Gasteiger partial charge in [-0.1, -0.05) is 0 Å². The molecule has 1 saturated heterocycles. The van der Waals surface area contributed by atoms with Gasteiger partial charge in [0.15, 0.2) is 17.0 Å². The van der Waals surface area contributed by atoms with Gasteiger partial charge in [-0.05, 0) is 6.92 Å². The van der Waals surface area contributed by atoms with Gasteiger partial charge in [0.1, 0.15) is 6.33 Å². The summed E-state index contributed by atoms with van der Waals surface area (Å²) >= 11 is 0. The zero-order valence-electron chi connectivity index (χ0n) is 12.9. The Labute approximate surface area is 131 Å². The number of hydrogen-bond donors (Lipinski definition) is 1. The summed E-state index contributed by atoms with van der Waals surface area (Å²) in [6.07, 6.45) is 2.43. The molecule has 124 valence electrons. The highest BCUT2D eigenvalue weighted by Crippen LogP contribution is 2.32. The molecule has 2 atom stereocenters. The van der Waals surface area contributed by atoms with E-state index in [0.717, 1.165) is 0 Å². The molecule has 2 aromatic heterocycles. The minimum absolute atomic E-state index is 0.0412. The molecule has 1 aliphatic heterocycles. The van der Waals surface area contributed by atoms with Gasteiger partial charge in [0, 0.05) is 13.0 Å². The molecule has 0 amide bonds. The van der Waals surface area contributed by atoms with Crippen LogP contribution in [-0.2, 0) is 16.1 Å². The number of carbonyl (C=O) groups is 1. The highest BCUT2D eigenvalue weighted by molar-refractivity contribution is 5.86. The third-order valence-electron chi connectivity index (χ3n) is 3.91. The van der Waals surface area contributed by atoms with Gasteiger partial charge in [-0.3, -0.25) is 0 Å². The summed E-state index contributed by atoms with van der Waals surface area (Å²) in [4.78, 5) is 25.9. The van der Waals surface area contributed by atoms with E-state index in [2.05, 4.69) is 19.7 Å². The number of imidazole rings is 1. The summed E-state index contributed by atoms with van der Waals surface area (Å²) in [7, 11) is 1.17. The van der Waals surface area contributed by atoms with Crippen LogP contribution in [-0.4, -0.2) is 62.6 Å². The van der Waals surface area contributed by atoms with E-state index in [0.29, 0.717) is 30.1 Å². The summed E-state index contributed by atoms with van der Waals surface area (Å²) in [5.74, 6) is -0.396. The van der Waals surface area contributed by atoms with Crippen LogP contribution in [0, 0.1) is 0 Å². The van der Waals surface area contributed by atoms with E-state index < -0.39 is 17.7 Å². The van der Waals surface area contributed by atoms with Crippen molar-refractivity contribution in [3.05, 3.63) is 12.7 Å². The summed E-state index contributed by atoms with van der Waals surface area (Å²) in [5.41, 5.74) is -0.957. The fraction of sp³-hybridized carbons (Fsp3) is 0.571. The second kappa shape index (κ2) is 5.73. The average molecular weight is 323 g/mol. The largest absolute Gasteiger partial charge is 0.467 e. The predicted molar refractivity (Wildman–Crippen MR) is 79.7 cm³/mol. The molecule has 0 spiro atoms. The Kier molecular flexibility index (Phi) is 3.88. The van der Waals surface area contributed by atoms with E-state index in [1.165, 1.54) is 13.4 Å². The molecular weight excluding hydrogens is 305 g/mol. The molecule has 9 heteroatoms. The summed E-state index contributed by atoms with van der Waals surface area (Å²) < 4.78 is 20.8. The van der Waals surface area contributed by atoms with Gasteiger partial charge < -0.3 is 19.3 Å². The Bertz CT molecular complexity index is 734. The van der Waals surface area contributed by atoms with Gasteiger partial charge in [0.25, 0.3) is 0 Å². The molecule has 1 N–H and O–H groups in total. The van der Waals surface area contributed by atoms with Crippen molar-refractivity contribution in [2.75, 3.05) is 25.1 Å². The number of alkyl halides is 1. The summed E-state index contributed by atoms with van der Waals surface area (Å²) in [5, 5.41) is 9.52. The molecule has 0 bridgehead atoms. The highest BCUT2D eigenvalue weighted by Gasteiger charge is 2.47. The van der Waals surface area contributed by atoms with Crippen LogP contribution in [0.15, 0.2) is 12.7 Å². The first-order chi connectivity index (χ1) is 10.9. The van der Waals surface area contributed by atoms with Crippen molar-refractivity contribution in [2.45, 2.75) is 31.7 Å². The predicted octanol–water partition coefficient (Wildman–Crippen LogP) is 0.299. The fourth-order valence-electron chi connectivity index (χ4n) is 2.82. The van der Waals surface area contributed by atoms with Crippen molar-refractivity contribution in [3.63, 3.8) is 0 Å². The van der Waals surface area contributed by atoms with Gasteiger partial charge in [0.2, 0.25) is 5.67 Å². The Morgan fingerprint density at radius 1 is 1.52 bits per heavy atom. The maximum Gasteiger partial charge on any atom is 0.345 e. The lowest BCUT2D eigenvalue weighted by Crippen LogP contribution is -2.38. The SMILES string of the molecule is COC(=O)C1(F)CCN(c2ncnc3c2ncn3C[C@@H](C)O)C1. The van der Waals surface area contributed by atoms with Crippen molar-refractivity contribution < 1.29 is 19.0 Å². The van der Waals surface area contributed by atoms with Gasteiger partial charge in [-0.2, -0.15) is 0 Å². The number of aliphatic hydroxyl groups is 1. The highest BCUT2D eigenvalue weighted by atomic mass is 19.1. The number of carbonyl (C=O) groups excluding carboxylic acids is 1. The number of rotatable bonds is 4. The van der Waals surface area contributed by atoms with Crippen LogP contribution in [0.5, 0.6) is 0 Å². The number of aliphatic hydroxyl groups excluding tert-OH is 1. The third kappa shape index (κ3) is 2.72. The van der Waals surface area contributed by atoms with E-state index in [1.807, 2.05) is 0 Å². The molecule has 8 nitrogen and oxygen atoms in total. The zero-order chi connectivity index (χ0) is 16.6. The maximum absolute atomic E-state index is 14.6. The lowest BCUT2D eigenvalue weighted by molar-refractivity contribution is -0.153. The topological polar surface area (TPSA) is 93.4 Å². The third-order valence-corrected chi connectivity index (χ3v) is 3.91. The lowest BCUT2D eigenvalue weighted by atomic mass is 10.1. The second-order valence-corrected chi connectivity index (χ2v) is 5.74. The molecule has 1 unspecified atom stereocenters. The number of fused-ring (bicyclic) bond motifs is 1. The van der Waals surface area contributed by atoms with Crippen LogP contribution in [0.4, 0.5) is 10.2 Å². The van der Waals surface area contributed by atoms with Gasteiger partial charge in [-0.15, -0.1) is 0 Å². The quantitative estimate of drug-likeness (QED) is 0.809. The minimum Gasteiger partial charge on any atom is -0.467 e. The van der Waals surface area contributed by atoms with Crippen LogP contribution >= 0.6 is 0 Å². The number of halogens is 1. The molecule has 23 heavy (non-hydrogen) atoms. The van der Waals surface area contributed by atoms with Crippen LogP contribution in [0.2, 0.25) is 0 Å². The van der Waals surface area contributed by atoms with E-state index in [4.69, 9.17) is 0 Å². The zero-order valence-corrected chi connectivity index (χ0v) is 12.9. The number of ether oxygens (including phenoxy) is 1. The van der Waals surface area contributed by atoms with Crippen LogP contribution < -0.4 is 4.90 Å². The Morgan fingerprint density at radius 2 is 2.30 bits per heavy atom. The summed E-state index contributed by atoms with van der Waals surface area (Å²) in [6.45, 7) is 2.22. The van der Waals surface area contributed by atoms with E-state index in [1.54, 1.807) is 22.7 Å². The van der Waals surface area contributed by atoms with Crippen molar-refractivity contribution >= 4 is 23.0 Å². The van der Waals surface area contributed by atoms with Crippen molar-refractivity contribution in [1.82, 2.24) is 19.5 Å². The van der Waals surface area contributed by atoms with Crippen LogP contribution in [0.3, 0.4) is 0 Å². The molecule has 0 aromatic carbocycles. The Balaban J connectivity index is 1.92. The molecule has 3 rings (SSSR count). The normalized spacial score (nSPS) is 22.5. The number of esters is 1. The molecule has 1 fully saturated rings. The monoisotopic (exact) mass is 323 g/mol. The Morgan fingerprint density at radius 3 is 3.00 bits per heavy atom. The molecule has 2 aromatic rings. The Hall–Kier alpha value is -2.29. The second-order valence-electron chi connectivity index (χ2n) is 5.74. The number of anilines is 1. The number of hydrogen-bond acceptors (Lipinski definition) is 7. The molecule has 0 saturated carbocycles. The average Bonchev–Trinajstić information content (AvgIpc) is 3.11. The van der Waals surface area contributed by atoms with Crippen LogP contribution in [0.25, 0.3) is 11.2 Å². The smallest absolute Gasteiger partial charge is 0.345 e. The molecule has 0 aliphatic carbocycles. The molecule has 1 aliphatic rings. The van der Waals surface area contributed by atoms with E-state index >= 15 is 0 Å². The first-order valence-electron chi connectivity index (χ1n) is 7.31. The number of methoxy groups -OCH3 is 1. The molecule has 3 heterocycles. The molecular formula is C14H18FN5O3. The minimum atomic E-state index is -2.03.